The average molecular weight is 436 g/mol. The van der Waals surface area contributed by atoms with E-state index >= 15 is 0 Å². The van der Waals surface area contributed by atoms with Crippen molar-refractivity contribution in [3.05, 3.63) is 54.4 Å². The first-order valence-corrected chi connectivity index (χ1v) is 12.3. The van der Waals surface area contributed by atoms with Gasteiger partial charge in [0.25, 0.3) is 0 Å². The van der Waals surface area contributed by atoms with Gasteiger partial charge in [0.1, 0.15) is 12.0 Å². The molecule has 4 rings (SSSR count). The van der Waals surface area contributed by atoms with Gasteiger partial charge < -0.3 is 19.3 Å². The number of nitrogens with zero attached hydrogens (tertiary/aromatic N) is 3. The largest absolute Gasteiger partial charge is 0.489 e. The lowest BCUT2D eigenvalue weighted by Crippen LogP contribution is -2.41. The number of likely N-dealkylation sites (tertiary alicyclic amines) is 1. The molecule has 0 bridgehead atoms. The molecule has 1 atom stereocenters. The number of anilines is 1. The van der Waals surface area contributed by atoms with Crippen molar-refractivity contribution in [2.45, 2.75) is 57.5 Å². The van der Waals surface area contributed by atoms with Crippen LogP contribution < -0.4 is 9.64 Å². The van der Waals surface area contributed by atoms with Crippen LogP contribution in [0.25, 0.3) is 0 Å². The highest BCUT2D eigenvalue weighted by Gasteiger charge is 2.26. The third-order valence-corrected chi connectivity index (χ3v) is 7.05. The zero-order valence-electron chi connectivity index (χ0n) is 19.4. The molecule has 2 aliphatic heterocycles. The summed E-state index contributed by atoms with van der Waals surface area (Å²) in [7, 11) is 0. The van der Waals surface area contributed by atoms with Gasteiger partial charge in [-0.25, -0.2) is 0 Å². The molecule has 0 amide bonds. The Morgan fingerprint density at radius 1 is 1.03 bits per heavy atom. The van der Waals surface area contributed by atoms with Crippen molar-refractivity contribution >= 4 is 12.0 Å². The van der Waals surface area contributed by atoms with E-state index in [1.54, 1.807) is 0 Å². The van der Waals surface area contributed by atoms with Crippen LogP contribution in [-0.4, -0.2) is 55.0 Å². The monoisotopic (exact) mass is 435 g/mol. The molecule has 0 radical (unpaired) electrons. The normalized spacial score (nSPS) is 19.6. The summed E-state index contributed by atoms with van der Waals surface area (Å²) in [6.45, 7) is 7.94. The van der Waals surface area contributed by atoms with Crippen LogP contribution >= 0.6 is 0 Å². The number of pyridine rings is 1. The number of rotatable bonds is 9. The van der Waals surface area contributed by atoms with E-state index in [9.17, 15) is 4.79 Å². The summed E-state index contributed by atoms with van der Waals surface area (Å²) in [4.78, 5) is 20.4. The second-order valence-electron chi connectivity index (χ2n) is 9.43. The minimum absolute atomic E-state index is 0.0376. The zero-order valence-corrected chi connectivity index (χ0v) is 19.4. The first-order valence-electron chi connectivity index (χ1n) is 12.3. The van der Waals surface area contributed by atoms with Gasteiger partial charge in [-0.1, -0.05) is 18.2 Å². The first-order chi connectivity index (χ1) is 15.7. The molecule has 32 heavy (non-hydrogen) atoms. The molecule has 2 aromatic rings. The van der Waals surface area contributed by atoms with Crippen LogP contribution in [0.2, 0.25) is 0 Å². The summed E-state index contributed by atoms with van der Waals surface area (Å²) < 4.78 is 5.86. The Bertz CT molecular complexity index is 811. The predicted octanol–water partition coefficient (Wildman–Crippen LogP) is 4.92. The highest BCUT2D eigenvalue weighted by atomic mass is 16.5. The molecule has 5 heteroatoms. The Hall–Kier alpha value is -2.40. The third kappa shape index (κ3) is 6.32. The molecule has 0 aliphatic carbocycles. The molecule has 172 valence electrons. The predicted molar refractivity (Wildman–Crippen MR) is 129 cm³/mol. The molecule has 2 aliphatic rings. The van der Waals surface area contributed by atoms with Crippen LogP contribution in [0.4, 0.5) is 5.69 Å². The van der Waals surface area contributed by atoms with Gasteiger partial charge in [0.05, 0.1) is 12.3 Å². The van der Waals surface area contributed by atoms with Crippen LogP contribution in [0.15, 0.2) is 48.7 Å². The SMILES string of the molecule is CC(CCC=O)Oc1ccc(C2CCN(CC3CCN(c4ccccc4)CC3)CC2)nc1. The summed E-state index contributed by atoms with van der Waals surface area (Å²) >= 11 is 0. The van der Waals surface area contributed by atoms with Gasteiger partial charge in [0, 0.05) is 43.4 Å². The van der Waals surface area contributed by atoms with Gasteiger partial charge in [-0.3, -0.25) is 4.98 Å². The Morgan fingerprint density at radius 3 is 2.44 bits per heavy atom. The summed E-state index contributed by atoms with van der Waals surface area (Å²) in [6, 6.07) is 15.0. The molecule has 3 heterocycles. The van der Waals surface area contributed by atoms with Crippen molar-refractivity contribution in [1.82, 2.24) is 9.88 Å². The maximum Gasteiger partial charge on any atom is 0.138 e. The molecule has 5 nitrogen and oxygen atoms in total. The quantitative estimate of drug-likeness (QED) is 0.523. The molecule has 0 N–H and O–H groups in total. The first kappa shape index (κ1) is 22.8. The van der Waals surface area contributed by atoms with Gasteiger partial charge in [-0.05, 0) is 82.3 Å². The molecule has 0 spiro atoms. The van der Waals surface area contributed by atoms with Crippen LogP contribution in [-0.2, 0) is 4.79 Å². The number of piperidine rings is 2. The number of carbonyl (C=O) groups excluding carboxylic acids is 1. The van der Waals surface area contributed by atoms with E-state index in [1.807, 2.05) is 19.2 Å². The van der Waals surface area contributed by atoms with E-state index in [0.717, 1.165) is 24.4 Å². The number of ether oxygens (including phenoxy) is 1. The van der Waals surface area contributed by atoms with E-state index in [1.165, 1.54) is 69.8 Å². The highest BCUT2D eigenvalue weighted by molar-refractivity contribution is 5.49. The lowest BCUT2D eigenvalue weighted by molar-refractivity contribution is -0.108. The summed E-state index contributed by atoms with van der Waals surface area (Å²) in [5.41, 5.74) is 2.56. The standard InChI is InChI=1S/C27H37N3O2/c1-22(6-5-19-31)32-26-9-10-27(28-20-26)24-13-15-29(16-14-24)21-23-11-17-30(18-12-23)25-7-3-2-4-8-25/h2-4,7-10,19-20,22-24H,5-6,11-18,21H2,1H3. The van der Waals surface area contributed by atoms with E-state index in [4.69, 9.17) is 9.72 Å². The van der Waals surface area contributed by atoms with Crippen LogP contribution in [0.3, 0.4) is 0 Å². The summed E-state index contributed by atoms with van der Waals surface area (Å²) in [5, 5.41) is 0. The molecule has 1 unspecified atom stereocenters. The summed E-state index contributed by atoms with van der Waals surface area (Å²) in [5.74, 6) is 2.17. The highest BCUT2D eigenvalue weighted by Crippen LogP contribution is 2.30. The molecule has 1 aromatic heterocycles. The minimum atomic E-state index is 0.0376. The van der Waals surface area contributed by atoms with Crippen LogP contribution in [0.5, 0.6) is 5.75 Å². The van der Waals surface area contributed by atoms with Gasteiger partial charge >= 0.3 is 0 Å². The number of aldehydes is 1. The van der Waals surface area contributed by atoms with Crippen LogP contribution in [0, 0.1) is 5.92 Å². The van der Waals surface area contributed by atoms with E-state index in [0.29, 0.717) is 12.3 Å². The summed E-state index contributed by atoms with van der Waals surface area (Å²) in [6.07, 6.45) is 9.08. The van der Waals surface area contributed by atoms with Crippen molar-refractivity contribution in [3.8, 4) is 5.75 Å². The number of carbonyl (C=O) groups is 1. The number of para-hydroxylation sites is 1. The fraction of sp³-hybridized carbons (Fsp3) is 0.556. The van der Waals surface area contributed by atoms with Crippen LogP contribution in [0.1, 0.15) is 57.1 Å². The smallest absolute Gasteiger partial charge is 0.138 e. The van der Waals surface area contributed by atoms with Crippen molar-refractivity contribution in [1.29, 1.82) is 0 Å². The molecular formula is C27H37N3O2. The Morgan fingerprint density at radius 2 is 1.78 bits per heavy atom. The zero-order chi connectivity index (χ0) is 22.2. The van der Waals surface area contributed by atoms with E-state index < -0.39 is 0 Å². The molecule has 2 fully saturated rings. The topological polar surface area (TPSA) is 45.7 Å². The number of hydrogen-bond donors (Lipinski definition) is 0. The van der Waals surface area contributed by atoms with E-state index in [2.05, 4.69) is 46.2 Å². The van der Waals surface area contributed by atoms with Gasteiger partial charge in [-0.15, -0.1) is 0 Å². The fourth-order valence-electron chi connectivity index (χ4n) is 5.09. The van der Waals surface area contributed by atoms with Gasteiger partial charge in [0.15, 0.2) is 0 Å². The van der Waals surface area contributed by atoms with Crippen molar-refractivity contribution < 1.29 is 9.53 Å². The Balaban J connectivity index is 1.18. The second-order valence-corrected chi connectivity index (χ2v) is 9.43. The van der Waals surface area contributed by atoms with Gasteiger partial charge in [-0.2, -0.15) is 0 Å². The maximum atomic E-state index is 10.5. The lowest BCUT2D eigenvalue weighted by atomic mass is 9.90. The Kier molecular flexibility index (Phi) is 8.16. The van der Waals surface area contributed by atoms with Crippen molar-refractivity contribution in [3.63, 3.8) is 0 Å². The number of benzene rings is 1. The number of hydrogen-bond acceptors (Lipinski definition) is 5. The molecule has 2 saturated heterocycles. The fourth-order valence-corrected chi connectivity index (χ4v) is 5.09. The van der Waals surface area contributed by atoms with E-state index in [-0.39, 0.29) is 6.10 Å². The van der Waals surface area contributed by atoms with Crippen molar-refractivity contribution in [2.75, 3.05) is 37.6 Å². The van der Waals surface area contributed by atoms with Gasteiger partial charge in [0.2, 0.25) is 0 Å². The lowest BCUT2D eigenvalue weighted by Gasteiger charge is -2.38. The van der Waals surface area contributed by atoms with Crippen molar-refractivity contribution in [2.24, 2.45) is 5.92 Å². The second kappa shape index (κ2) is 11.5. The Labute approximate surface area is 192 Å². The molecule has 0 saturated carbocycles. The average Bonchev–Trinajstić information content (AvgIpc) is 2.85. The molecule has 1 aromatic carbocycles. The molecular weight excluding hydrogens is 398 g/mol. The number of aromatic nitrogens is 1. The minimum Gasteiger partial charge on any atom is -0.489 e. The maximum absolute atomic E-state index is 10.5. The third-order valence-electron chi connectivity index (χ3n) is 7.05.